The number of hydrogen-bond donors (Lipinski definition) is 0. The van der Waals surface area contributed by atoms with Crippen LogP contribution in [0.3, 0.4) is 0 Å². The van der Waals surface area contributed by atoms with Crippen molar-refractivity contribution >= 4 is 21.9 Å². The van der Waals surface area contributed by atoms with E-state index in [2.05, 4.69) is 21.1 Å². The molecule has 112 valence electrons. The van der Waals surface area contributed by atoms with Crippen LogP contribution in [0.2, 0.25) is 0 Å². The van der Waals surface area contributed by atoms with Gasteiger partial charge in [-0.2, -0.15) is 0 Å². The third-order valence-corrected chi connectivity index (χ3v) is 3.75. The van der Waals surface area contributed by atoms with Crippen LogP contribution in [-0.2, 0) is 4.74 Å². The van der Waals surface area contributed by atoms with E-state index >= 15 is 0 Å². The number of benzene rings is 1. The topological polar surface area (TPSA) is 70.8 Å². The zero-order valence-electron chi connectivity index (χ0n) is 12.0. The predicted molar refractivity (Wildman–Crippen MR) is 78.8 cm³/mol. The predicted octanol–water partition coefficient (Wildman–Crippen LogP) is 3.22. The number of rotatable bonds is 4. The fourth-order valence-electron chi connectivity index (χ4n) is 1.92. The molecule has 0 amide bonds. The van der Waals surface area contributed by atoms with Crippen molar-refractivity contribution in [2.24, 2.45) is 0 Å². The van der Waals surface area contributed by atoms with Gasteiger partial charge in [-0.15, -0.1) is 0 Å². The maximum atomic E-state index is 11.9. The van der Waals surface area contributed by atoms with Gasteiger partial charge in [-0.05, 0) is 35.0 Å². The summed E-state index contributed by atoms with van der Waals surface area (Å²) in [5.41, 5.74) is 1.29. The number of aromatic nitrogens is 1. The van der Waals surface area contributed by atoms with Gasteiger partial charge in [0, 0.05) is 5.56 Å². The molecule has 7 heteroatoms. The van der Waals surface area contributed by atoms with Crippen LogP contribution in [0.25, 0.3) is 11.3 Å². The van der Waals surface area contributed by atoms with E-state index in [4.69, 9.17) is 18.7 Å². The second-order valence-electron chi connectivity index (χ2n) is 4.15. The molecule has 1 heterocycles. The van der Waals surface area contributed by atoms with Gasteiger partial charge in [-0.25, -0.2) is 4.79 Å². The Bertz CT molecular complexity index is 655. The Morgan fingerprint density at radius 3 is 2.24 bits per heavy atom. The molecular formula is C14H14BrNO5. The van der Waals surface area contributed by atoms with E-state index in [1.807, 2.05) is 0 Å². The average molecular weight is 356 g/mol. The molecule has 0 bridgehead atoms. The van der Waals surface area contributed by atoms with Crippen LogP contribution in [0.15, 0.2) is 21.1 Å². The van der Waals surface area contributed by atoms with Gasteiger partial charge in [0.1, 0.15) is 33.0 Å². The highest BCUT2D eigenvalue weighted by molar-refractivity contribution is 9.10. The maximum Gasteiger partial charge on any atom is 0.343 e. The Morgan fingerprint density at radius 1 is 1.19 bits per heavy atom. The van der Waals surface area contributed by atoms with E-state index in [1.165, 1.54) is 7.11 Å². The molecule has 0 aliphatic carbocycles. The lowest BCUT2D eigenvalue weighted by Crippen LogP contribution is -2.04. The number of carbonyl (C=O) groups excluding carboxylic acids is 1. The number of hydrogen-bond acceptors (Lipinski definition) is 6. The van der Waals surface area contributed by atoms with E-state index < -0.39 is 5.97 Å². The summed E-state index contributed by atoms with van der Waals surface area (Å²) in [6.45, 7) is 1.65. The van der Waals surface area contributed by atoms with Gasteiger partial charge in [0.25, 0.3) is 0 Å². The van der Waals surface area contributed by atoms with E-state index in [9.17, 15) is 4.79 Å². The molecule has 0 spiro atoms. The normalized spacial score (nSPS) is 10.3. The molecule has 0 aliphatic heterocycles. The van der Waals surface area contributed by atoms with Crippen LogP contribution >= 0.6 is 15.9 Å². The summed E-state index contributed by atoms with van der Waals surface area (Å²) in [5, 5.41) is 3.93. The van der Waals surface area contributed by atoms with Crippen molar-refractivity contribution in [3.05, 3.63) is 27.9 Å². The molecule has 0 saturated carbocycles. The summed E-state index contributed by atoms with van der Waals surface area (Å²) in [4.78, 5) is 11.9. The molecule has 0 atom stereocenters. The van der Waals surface area contributed by atoms with Gasteiger partial charge >= 0.3 is 5.97 Å². The lowest BCUT2D eigenvalue weighted by Gasteiger charge is -2.10. The molecule has 2 rings (SSSR count). The number of methoxy groups -OCH3 is 3. The summed E-state index contributed by atoms with van der Waals surface area (Å²) in [6.07, 6.45) is 0. The second kappa shape index (κ2) is 6.17. The van der Waals surface area contributed by atoms with Crippen molar-refractivity contribution in [2.45, 2.75) is 6.92 Å². The molecule has 0 unspecified atom stereocenters. The fourth-order valence-corrected chi connectivity index (χ4v) is 2.47. The number of esters is 1. The molecule has 0 saturated heterocycles. The number of aryl methyl sites for hydroxylation is 1. The monoisotopic (exact) mass is 355 g/mol. The molecule has 1 aromatic heterocycles. The smallest absolute Gasteiger partial charge is 0.343 e. The van der Waals surface area contributed by atoms with Gasteiger partial charge in [0.2, 0.25) is 0 Å². The Balaban J connectivity index is 2.65. The minimum absolute atomic E-state index is 0.281. The SMILES string of the molecule is COC(=O)c1c(-c2cc(OC)c(Br)c(OC)c2)noc1C. The zero-order chi connectivity index (χ0) is 15.6. The summed E-state index contributed by atoms with van der Waals surface area (Å²) in [5.74, 6) is 0.990. The highest BCUT2D eigenvalue weighted by Gasteiger charge is 2.24. The van der Waals surface area contributed by atoms with Crippen molar-refractivity contribution < 1.29 is 23.5 Å². The quantitative estimate of drug-likeness (QED) is 0.784. The number of nitrogens with zero attached hydrogens (tertiary/aromatic N) is 1. The maximum absolute atomic E-state index is 11.9. The van der Waals surface area contributed by atoms with Crippen LogP contribution in [0.4, 0.5) is 0 Å². The van der Waals surface area contributed by atoms with Crippen LogP contribution < -0.4 is 9.47 Å². The van der Waals surface area contributed by atoms with E-state index in [0.29, 0.717) is 33.0 Å². The van der Waals surface area contributed by atoms with Crippen LogP contribution in [0.1, 0.15) is 16.1 Å². The number of halogens is 1. The third-order valence-electron chi connectivity index (χ3n) is 2.97. The van der Waals surface area contributed by atoms with E-state index in [-0.39, 0.29) is 5.56 Å². The Hall–Kier alpha value is -2.02. The second-order valence-corrected chi connectivity index (χ2v) is 4.94. The largest absolute Gasteiger partial charge is 0.495 e. The first-order valence-corrected chi connectivity index (χ1v) is 6.79. The molecule has 21 heavy (non-hydrogen) atoms. The first-order chi connectivity index (χ1) is 10.0. The highest BCUT2D eigenvalue weighted by atomic mass is 79.9. The molecule has 0 fully saturated rings. The Morgan fingerprint density at radius 2 is 1.76 bits per heavy atom. The van der Waals surface area contributed by atoms with Gasteiger partial charge in [-0.1, -0.05) is 5.16 Å². The number of carbonyl (C=O) groups is 1. The molecule has 1 aromatic carbocycles. The summed E-state index contributed by atoms with van der Waals surface area (Å²) in [7, 11) is 4.39. The minimum atomic E-state index is -0.510. The van der Waals surface area contributed by atoms with Gasteiger partial charge in [0.05, 0.1) is 21.3 Å². The molecule has 6 nitrogen and oxygen atoms in total. The molecule has 0 aliphatic rings. The highest BCUT2D eigenvalue weighted by Crippen LogP contribution is 2.39. The fraction of sp³-hybridized carbons (Fsp3) is 0.286. The summed E-state index contributed by atoms with van der Waals surface area (Å²) < 4.78 is 21.1. The van der Waals surface area contributed by atoms with Crippen molar-refractivity contribution in [3.63, 3.8) is 0 Å². The van der Waals surface area contributed by atoms with E-state index in [1.54, 1.807) is 33.3 Å². The van der Waals surface area contributed by atoms with E-state index in [0.717, 1.165) is 0 Å². The van der Waals surface area contributed by atoms with Gasteiger partial charge in [0.15, 0.2) is 0 Å². The Labute approximate surface area is 130 Å². The molecule has 2 aromatic rings. The van der Waals surface area contributed by atoms with Gasteiger partial charge in [-0.3, -0.25) is 0 Å². The Kier molecular flexibility index (Phi) is 4.52. The van der Waals surface area contributed by atoms with Crippen molar-refractivity contribution in [1.29, 1.82) is 0 Å². The first kappa shape index (κ1) is 15.4. The van der Waals surface area contributed by atoms with Crippen LogP contribution in [0.5, 0.6) is 11.5 Å². The third kappa shape index (κ3) is 2.73. The standard InChI is InChI=1S/C14H14BrNO5/c1-7-11(14(17)20-4)13(16-21-7)8-5-9(18-2)12(15)10(6-8)19-3/h5-6H,1-4H3. The van der Waals surface area contributed by atoms with Crippen LogP contribution in [-0.4, -0.2) is 32.5 Å². The van der Waals surface area contributed by atoms with Crippen molar-refractivity contribution in [2.75, 3.05) is 21.3 Å². The zero-order valence-corrected chi connectivity index (χ0v) is 13.6. The van der Waals surface area contributed by atoms with Crippen LogP contribution in [0, 0.1) is 6.92 Å². The molecule has 0 N–H and O–H groups in total. The molecule has 0 radical (unpaired) electrons. The molecular weight excluding hydrogens is 342 g/mol. The van der Waals surface area contributed by atoms with Gasteiger partial charge < -0.3 is 18.7 Å². The first-order valence-electron chi connectivity index (χ1n) is 6.00. The number of ether oxygens (including phenoxy) is 3. The minimum Gasteiger partial charge on any atom is -0.495 e. The lowest BCUT2D eigenvalue weighted by atomic mass is 10.1. The summed E-state index contributed by atoms with van der Waals surface area (Å²) in [6, 6.07) is 3.46. The average Bonchev–Trinajstić information content (AvgIpc) is 2.88. The summed E-state index contributed by atoms with van der Waals surface area (Å²) >= 11 is 3.39. The lowest BCUT2D eigenvalue weighted by molar-refractivity contribution is 0.0599. The van der Waals surface area contributed by atoms with Crippen molar-refractivity contribution in [3.8, 4) is 22.8 Å². The van der Waals surface area contributed by atoms with Crippen molar-refractivity contribution in [1.82, 2.24) is 5.16 Å².